The highest BCUT2D eigenvalue weighted by molar-refractivity contribution is 7.91. The third-order valence-electron chi connectivity index (χ3n) is 4.88. The molecule has 0 bridgehead atoms. The number of pyridine rings is 1. The highest BCUT2D eigenvalue weighted by Crippen LogP contribution is 2.37. The molecule has 1 aromatic heterocycles. The van der Waals surface area contributed by atoms with Gasteiger partial charge in [0.25, 0.3) is 0 Å². The molecule has 1 atom stereocenters. The first-order chi connectivity index (χ1) is 13.5. The summed E-state index contributed by atoms with van der Waals surface area (Å²) in [7, 11) is 0.552. The molecule has 9 heteroatoms. The predicted octanol–water partition coefficient (Wildman–Crippen LogP) is 4.04. The number of nitrogens with zero attached hydrogens (tertiary/aromatic N) is 2. The van der Waals surface area contributed by atoms with E-state index in [1.165, 1.54) is 0 Å². The Kier molecular flexibility index (Phi) is 6.07. The number of rotatable bonds is 6. The van der Waals surface area contributed by atoms with Gasteiger partial charge in [-0.3, -0.25) is 0 Å². The van der Waals surface area contributed by atoms with Crippen molar-refractivity contribution in [1.82, 2.24) is 4.98 Å². The van der Waals surface area contributed by atoms with Crippen molar-refractivity contribution in [3.05, 3.63) is 42.1 Å². The largest absolute Gasteiger partial charge is 0.494 e. The van der Waals surface area contributed by atoms with E-state index in [9.17, 15) is 21.6 Å². The fourth-order valence-corrected chi connectivity index (χ4v) is 5.33. The Hall–Kier alpha value is -2.29. The van der Waals surface area contributed by atoms with E-state index in [1.54, 1.807) is 43.4 Å². The van der Waals surface area contributed by atoms with Crippen LogP contribution in [0, 0.1) is 5.92 Å². The minimum Gasteiger partial charge on any atom is -0.494 e. The van der Waals surface area contributed by atoms with Crippen LogP contribution in [0.2, 0.25) is 0 Å². The first-order valence-corrected chi connectivity index (χ1v) is 11.1. The maximum absolute atomic E-state index is 13.4. The summed E-state index contributed by atoms with van der Waals surface area (Å²) >= 11 is 0. The number of sulfone groups is 1. The minimum atomic E-state index is -4.52. The van der Waals surface area contributed by atoms with Crippen LogP contribution in [0.15, 0.2) is 36.5 Å². The lowest BCUT2D eigenvalue weighted by Gasteiger charge is -2.18. The molecule has 2 heterocycles. The Bertz CT molecular complexity index is 975. The van der Waals surface area contributed by atoms with Crippen LogP contribution >= 0.6 is 0 Å². The van der Waals surface area contributed by atoms with Crippen molar-refractivity contribution in [1.29, 1.82) is 0 Å². The molecule has 1 unspecified atom stereocenters. The summed E-state index contributed by atoms with van der Waals surface area (Å²) < 4.78 is 69.0. The Balaban J connectivity index is 1.85. The van der Waals surface area contributed by atoms with Crippen molar-refractivity contribution in [2.45, 2.75) is 19.0 Å². The first-order valence-electron chi connectivity index (χ1n) is 9.23. The topological polar surface area (TPSA) is 59.5 Å². The number of hydrogen-bond acceptors (Lipinski definition) is 5. The Labute approximate surface area is 168 Å². The van der Waals surface area contributed by atoms with E-state index < -0.39 is 21.6 Å². The number of ether oxygens (including phenoxy) is 1. The highest BCUT2D eigenvalue weighted by atomic mass is 32.2. The summed E-state index contributed by atoms with van der Waals surface area (Å²) in [5, 5.41) is 0. The van der Waals surface area contributed by atoms with Crippen molar-refractivity contribution in [2.75, 3.05) is 37.1 Å². The molecule has 5 nitrogen and oxygen atoms in total. The summed E-state index contributed by atoms with van der Waals surface area (Å²) in [5.74, 6) is 0.924. The molecule has 29 heavy (non-hydrogen) atoms. The number of halogens is 3. The monoisotopic (exact) mass is 428 g/mol. The van der Waals surface area contributed by atoms with E-state index in [0.717, 1.165) is 12.1 Å². The number of aromatic nitrogens is 1. The predicted molar refractivity (Wildman–Crippen MR) is 106 cm³/mol. The standard InChI is InChI=1S/C20H23F3N2O3S/c1-25(2)19-18(4-3-7-24-19)15-10-16(20(21,22)23)12-17(11-15)28-8-5-14-6-9-29(26,27)13-14/h3-4,7,10-12,14H,5-6,8-9,13H2,1-2H3. The smallest absolute Gasteiger partial charge is 0.416 e. The van der Waals surface area contributed by atoms with Crippen molar-refractivity contribution in [2.24, 2.45) is 5.92 Å². The maximum atomic E-state index is 13.4. The van der Waals surface area contributed by atoms with Gasteiger partial charge in [0.2, 0.25) is 0 Å². The number of alkyl halides is 3. The molecule has 158 valence electrons. The van der Waals surface area contributed by atoms with Crippen molar-refractivity contribution in [3.63, 3.8) is 0 Å². The van der Waals surface area contributed by atoms with Crippen LogP contribution in [0.4, 0.5) is 19.0 Å². The lowest BCUT2D eigenvalue weighted by atomic mass is 10.0. The fourth-order valence-electron chi connectivity index (χ4n) is 3.42. The van der Waals surface area contributed by atoms with Crippen LogP contribution in [-0.2, 0) is 16.0 Å². The zero-order valence-electron chi connectivity index (χ0n) is 16.2. The first kappa shape index (κ1) is 21.4. The molecule has 0 N–H and O–H groups in total. The van der Waals surface area contributed by atoms with E-state index in [4.69, 9.17) is 4.74 Å². The number of hydrogen-bond donors (Lipinski definition) is 0. The van der Waals surface area contributed by atoms with Gasteiger partial charge in [0.1, 0.15) is 11.6 Å². The second-order valence-electron chi connectivity index (χ2n) is 7.42. The zero-order valence-corrected chi connectivity index (χ0v) is 17.1. The minimum absolute atomic E-state index is 0.0102. The summed E-state index contributed by atoms with van der Waals surface area (Å²) in [4.78, 5) is 5.98. The number of anilines is 1. The average Bonchev–Trinajstić information content (AvgIpc) is 2.99. The van der Waals surface area contributed by atoms with E-state index in [-0.39, 0.29) is 29.8 Å². The van der Waals surface area contributed by atoms with Gasteiger partial charge in [-0.25, -0.2) is 13.4 Å². The Morgan fingerprint density at radius 2 is 2.00 bits per heavy atom. The Morgan fingerprint density at radius 1 is 1.24 bits per heavy atom. The molecule has 1 fully saturated rings. The average molecular weight is 428 g/mol. The van der Waals surface area contributed by atoms with Crippen LogP contribution in [0.1, 0.15) is 18.4 Å². The normalized spacial score (nSPS) is 18.6. The molecular weight excluding hydrogens is 405 g/mol. The molecule has 2 aromatic rings. The van der Waals surface area contributed by atoms with Gasteiger partial charge >= 0.3 is 6.18 Å². The lowest BCUT2D eigenvalue weighted by molar-refractivity contribution is -0.137. The SMILES string of the molecule is CN(C)c1ncccc1-c1cc(OCCC2CCS(=O)(=O)C2)cc(C(F)(F)F)c1. The van der Waals surface area contributed by atoms with Crippen LogP contribution in [-0.4, -0.2) is 45.6 Å². The summed E-state index contributed by atoms with van der Waals surface area (Å²) in [6.07, 6.45) is -1.88. The molecule has 1 aromatic carbocycles. The van der Waals surface area contributed by atoms with Crippen molar-refractivity contribution < 1.29 is 26.3 Å². The van der Waals surface area contributed by atoms with E-state index in [1.807, 2.05) is 0 Å². The van der Waals surface area contributed by atoms with E-state index in [2.05, 4.69) is 4.98 Å². The van der Waals surface area contributed by atoms with Crippen LogP contribution in [0.3, 0.4) is 0 Å². The molecular formula is C20H23F3N2O3S. The molecule has 0 aliphatic carbocycles. The van der Waals surface area contributed by atoms with E-state index >= 15 is 0 Å². The highest BCUT2D eigenvalue weighted by Gasteiger charge is 2.32. The van der Waals surface area contributed by atoms with Crippen LogP contribution < -0.4 is 9.64 Å². The van der Waals surface area contributed by atoms with Crippen LogP contribution in [0.5, 0.6) is 5.75 Å². The number of benzene rings is 1. The fraction of sp³-hybridized carbons (Fsp3) is 0.450. The van der Waals surface area contributed by atoms with Gasteiger partial charge in [-0.15, -0.1) is 0 Å². The zero-order chi connectivity index (χ0) is 21.2. The molecule has 0 radical (unpaired) electrons. The van der Waals surface area contributed by atoms with Gasteiger partial charge in [0, 0.05) is 25.9 Å². The Morgan fingerprint density at radius 3 is 2.62 bits per heavy atom. The molecule has 1 aliphatic rings. The summed E-state index contributed by atoms with van der Waals surface area (Å²) in [6.45, 7) is 0.161. The quantitative estimate of drug-likeness (QED) is 0.695. The van der Waals surface area contributed by atoms with Gasteiger partial charge in [-0.2, -0.15) is 13.2 Å². The third-order valence-corrected chi connectivity index (χ3v) is 6.71. The summed E-state index contributed by atoms with van der Waals surface area (Å²) in [5.41, 5.74) is 0.118. The molecule has 0 spiro atoms. The summed E-state index contributed by atoms with van der Waals surface area (Å²) in [6, 6.07) is 7.00. The van der Waals surface area contributed by atoms with Crippen molar-refractivity contribution >= 4 is 15.7 Å². The lowest BCUT2D eigenvalue weighted by Crippen LogP contribution is -2.12. The molecule has 0 amide bonds. The van der Waals surface area contributed by atoms with Crippen LogP contribution in [0.25, 0.3) is 11.1 Å². The van der Waals surface area contributed by atoms with Gasteiger partial charge in [-0.05, 0) is 54.7 Å². The second kappa shape index (κ2) is 8.22. The third kappa shape index (κ3) is 5.41. The van der Waals surface area contributed by atoms with E-state index in [0.29, 0.717) is 29.8 Å². The van der Waals surface area contributed by atoms with Gasteiger partial charge in [0.05, 0.1) is 23.7 Å². The molecule has 1 saturated heterocycles. The molecule has 1 aliphatic heterocycles. The maximum Gasteiger partial charge on any atom is 0.416 e. The second-order valence-corrected chi connectivity index (χ2v) is 9.65. The van der Waals surface area contributed by atoms with Gasteiger partial charge < -0.3 is 9.64 Å². The van der Waals surface area contributed by atoms with Crippen molar-refractivity contribution in [3.8, 4) is 16.9 Å². The molecule has 3 rings (SSSR count). The van der Waals surface area contributed by atoms with Gasteiger partial charge in [0.15, 0.2) is 9.84 Å². The molecule has 0 saturated carbocycles. The van der Waals surface area contributed by atoms with Gasteiger partial charge in [-0.1, -0.05) is 0 Å².